The van der Waals surface area contributed by atoms with Crippen molar-refractivity contribution in [2.75, 3.05) is 11.1 Å². The number of nitrogens with zero attached hydrogens (tertiary/aromatic N) is 4. The minimum atomic E-state index is -0.181. The third-order valence-corrected chi connectivity index (χ3v) is 4.39. The van der Waals surface area contributed by atoms with Crippen LogP contribution in [0.25, 0.3) is 11.1 Å². The minimum Gasteiger partial charge on any atom is -0.383 e. The van der Waals surface area contributed by atoms with E-state index in [0.717, 1.165) is 5.56 Å². The predicted molar refractivity (Wildman–Crippen MR) is 109 cm³/mol. The summed E-state index contributed by atoms with van der Waals surface area (Å²) in [5.41, 5.74) is 9.82. The summed E-state index contributed by atoms with van der Waals surface area (Å²) in [6.45, 7) is 1.42. The SMILES string of the molecule is CC(=O)Nc1ccc(-c2c(C#N)c(N)nc(CCc3cccnc3)c2C#N)cc1. The number of carbonyl (C=O) groups excluding carboxylic acids is 1. The van der Waals surface area contributed by atoms with Crippen molar-refractivity contribution >= 4 is 17.4 Å². The van der Waals surface area contributed by atoms with E-state index in [4.69, 9.17) is 5.73 Å². The molecule has 7 heteroatoms. The fourth-order valence-corrected chi connectivity index (χ4v) is 3.09. The van der Waals surface area contributed by atoms with Crippen molar-refractivity contribution in [2.45, 2.75) is 19.8 Å². The Labute approximate surface area is 168 Å². The molecule has 0 atom stereocenters. The highest BCUT2D eigenvalue weighted by molar-refractivity contribution is 5.89. The number of hydrogen-bond acceptors (Lipinski definition) is 6. The summed E-state index contributed by atoms with van der Waals surface area (Å²) in [4.78, 5) is 19.6. The number of nitrogens with one attached hydrogen (secondary N) is 1. The molecular weight excluding hydrogens is 364 g/mol. The zero-order valence-electron chi connectivity index (χ0n) is 15.8. The Morgan fingerprint density at radius 3 is 2.41 bits per heavy atom. The van der Waals surface area contributed by atoms with Gasteiger partial charge in [-0.25, -0.2) is 4.98 Å². The summed E-state index contributed by atoms with van der Waals surface area (Å²) >= 11 is 0. The summed E-state index contributed by atoms with van der Waals surface area (Å²) in [7, 11) is 0. The number of nitrogens with two attached hydrogens (primary N) is 1. The molecule has 0 radical (unpaired) electrons. The first-order valence-electron chi connectivity index (χ1n) is 8.93. The van der Waals surface area contributed by atoms with Crippen molar-refractivity contribution in [3.05, 3.63) is 71.2 Å². The normalized spacial score (nSPS) is 10.0. The molecule has 3 rings (SSSR count). The number of rotatable bonds is 5. The maximum atomic E-state index is 11.2. The molecule has 0 saturated heterocycles. The summed E-state index contributed by atoms with van der Waals surface area (Å²) in [6.07, 6.45) is 4.59. The summed E-state index contributed by atoms with van der Waals surface area (Å²) in [5.74, 6) is -0.0901. The van der Waals surface area contributed by atoms with Crippen molar-refractivity contribution in [1.29, 1.82) is 10.5 Å². The van der Waals surface area contributed by atoms with E-state index in [0.29, 0.717) is 40.9 Å². The van der Waals surface area contributed by atoms with Crippen LogP contribution in [-0.4, -0.2) is 15.9 Å². The lowest BCUT2D eigenvalue weighted by Gasteiger charge is -2.14. The van der Waals surface area contributed by atoms with Gasteiger partial charge in [0.25, 0.3) is 0 Å². The number of nitriles is 2. The van der Waals surface area contributed by atoms with Crippen LogP contribution in [0.3, 0.4) is 0 Å². The number of anilines is 2. The molecule has 0 aliphatic rings. The number of aryl methyl sites for hydroxylation is 2. The van der Waals surface area contributed by atoms with E-state index >= 15 is 0 Å². The molecule has 3 aromatic rings. The molecule has 0 spiro atoms. The Balaban J connectivity index is 2.05. The average molecular weight is 382 g/mol. The summed E-state index contributed by atoms with van der Waals surface area (Å²) in [5, 5.41) is 22.1. The zero-order valence-corrected chi connectivity index (χ0v) is 15.8. The Morgan fingerprint density at radius 1 is 1.10 bits per heavy atom. The molecular formula is C22H18N6O. The smallest absolute Gasteiger partial charge is 0.221 e. The highest BCUT2D eigenvalue weighted by atomic mass is 16.1. The van der Waals surface area contributed by atoms with Crippen molar-refractivity contribution in [1.82, 2.24) is 9.97 Å². The van der Waals surface area contributed by atoms with Gasteiger partial charge in [0, 0.05) is 30.6 Å². The third kappa shape index (κ3) is 4.37. The highest BCUT2D eigenvalue weighted by Gasteiger charge is 2.20. The fourth-order valence-electron chi connectivity index (χ4n) is 3.09. The van der Waals surface area contributed by atoms with Crippen LogP contribution in [0, 0.1) is 22.7 Å². The van der Waals surface area contributed by atoms with Crippen LogP contribution in [0.5, 0.6) is 0 Å². The van der Waals surface area contributed by atoms with Gasteiger partial charge < -0.3 is 11.1 Å². The third-order valence-electron chi connectivity index (χ3n) is 4.39. The van der Waals surface area contributed by atoms with Crippen LogP contribution < -0.4 is 11.1 Å². The van der Waals surface area contributed by atoms with E-state index in [2.05, 4.69) is 27.4 Å². The average Bonchev–Trinajstić information content (AvgIpc) is 2.72. The number of nitrogen functional groups attached to an aromatic ring is 1. The monoisotopic (exact) mass is 382 g/mol. The van der Waals surface area contributed by atoms with Gasteiger partial charge in [-0.3, -0.25) is 9.78 Å². The lowest BCUT2D eigenvalue weighted by Crippen LogP contribution is -2.08. The van der Waals surface area contributed by atoms with Crippen LogP contribution in [0.4, 0.5) is 11.5 Å². The first-order valence-corrected chi connectivity index (χ1v) is 8.93. The molecule has 2 aromatic heterocycles. The van der Waals surface area contributed by atoms with E-state index in [1.165, 1.54) is 6.92 Å². The van der Waals surface area contributed by atoms with E-state index in [1.54, 1.807) is 36.7 Å². The van der Waals surface area contributed by atoms with Crippen molar-refractivity contribution in [3.8, 4) is 23.3 Å². The van der Waals surface area contributed by atoms with Crippen molar-refractivity contribution in [3.63, 3.8) is 0 Å². The first-order chi connectivity index (χ1) is 14.0. The molecule has 2 heterocycles. The van der Waals surface area contributed by atoms with Crippen molar-refractivity contribution < 1.29 is 4.79 Å². The van der Waals surface area contributed by atoms with Crippen LogP contribution in [0.1, 0.15) is 29.3 Å². The quantitative estimate of drug-likeness (QED) is 0.697. The number of aromatic nitrogens is 2. The molecule has 29 heavy (non-hydrogen) atoms. The second kappa shape index (κ2) is 8.64. The van der Waals surface area contributed by atoms with Gasteiger partial charge in [-0.2, -0.15) is 10.5 Å². The van der Waals surface area contributed by atoms with Crippen LogP contribution in [0.15, 0.2) is 48.8 Å². The predicted octanol–water partition coefficient (Wildman–Crippen LogP) is 3.21. The Bertz CT molecular complexity index is 1130. The second-order valence-corrected chi connectivity index (χ2v) is 6.41. The maximum absolute atomic E-state index is 11.2. The van der Waals surface area contributed by atoms with Crippen LogP contribution >= 0.6 is 0 Å². The molecule has 1 amide bonds. The standard InChI is InChI=1S/C22H18N6O/c1-14(29)27-17-7-5-16(6-8-17)21-18(11-23)20(28-22(25)19(21)12-24)9-4-15-3-2-10-26-13-15/h2-3,5-8,10,13H,4,9H2,1H3,(H2,25,28)(H,27,29). The maximum Gasteiger partial charge on any atom is 0.221 e. The van der Waals surface area contributed by atoms with Gasteiger partial charge in [-0.05, 0) is 42.2 Å². The lowest BCUT2D eigenvalue weighted by atomic mass is 9.93. The van der Waals surface area contributed by atoms with E-state index in [9.17, 15) is 15.3 Å². The summed E-state index contributed by atoms with van der Waals surface area (Å²) in [6, 6.07) is 15.0. The number of amides is 1. The number of hydrogen-bond donors (Lipinski definition) is 2. The van der Waals surface area contributed by atoms with Crippen LogP contribution in [0.2, 0.25) is 0 Å². The molecule has 0 unspecified atom stereocenters. The van der Waals surface area contributed by atoms with E-state index in [1.807, 2.05) is 12.1 Å². The molecule has 142 valence electrons. The van der Waals surface area contributed by atoms with E-state index in [-0.39, 0.29) is 17.3 Å². The van der Waals surface area contributed by atoms with Gasteiger partial charge in [0.05, 0.1) is 11.3 Å². The van der Waals surface area contributed by atoms with Crippen molar-refractivity contribution in [2.24, 2.45) is 0 Å². The Kier molecular flexibility index (Phi) is 5.82. The van der Waals surface area contributed by atoms with Gasteiger partial charge in [-0.1, -0.05) is 18.2 Å². The minimum absolute atomic E-state index is 0.0913. The molecule has 3 N–H and O–H groups in total. The second-order valence-electron chi connectivity index (χ2n) is 6.41. The molecule has 0 fully saturated rings. The Hall–Kier alpha value is -4.23. The number of benzene rings is 1. The largest absolute Gasteiger partial charge is 0.383 e. The van der Waals surface area contributed by atoms with Gasteiger partial charge in [0.1, 0.15) is 23.5 Å². The molecule has 0 aliphatic heterocycles. The summed E-state index contributed by atoms with van der Waals surface area (Å²) < 4.78 is 0. The number of pyridine rings is 2. The Morgan fingerprint density at radius 2 is 1.83 bits per heavy atom. The number of carbonyl (C=O) groups is 1. The van der Waals surface area contributed by atoms with Crippen LogP contribution in [-0.2, 0) is 17.6 Å². The van der Waals surface area contributed by atoms with Gasteiger partial charge in [-0.15, -0.1) is 0 Å². The topological polar surface area (TPSA) is 128 Å². The molecule has 1 aromatic carbocycles. The molecule has 7 nitrogen and oxygen atoms in total. The van der Waals surface area contributed by atoms with Gasteiger partial charge in [0.15, 0.2) is 0 Å². The lowest BCUT2D eigenvalue weighted by molar-refractivity contribution is -0.114. The molecule has 0 aliphatic carbocycles. The molecule has 0 saturated carbocycles. The zero-order chi connectivity index (χ0) is 20.8. The fraction of sp³-hybridized carbons (Fsp3) is 0.136. The van der Waals surface area contributed by atoms with E-state index < -0.39 is 0 Å². The van der Waals surface area contributed by atoms with Gasteiger partial charge >= 0.3 is 0 Å². The molecule has 0 bridgehead atoms. The van der Waals surface area contributed by atoms with Gasteiger partial charge in [0.2, 0.25) is 5.91 Å². The highest BCUT2D eigenvalue weighted by Crippen LogP contribution is 2.33. The first kappa shape index (κ1) is 19.5.